The minimum absolute atomic E-state index is 0.197. The van der Waals surface area contributed by atoms with E-state index < -0.39 is 0 Å². The Balaban J connectivity index is 2.30. The third-order valence-corrected chi connectivity index (χ3v) is 3.44. The quantitative estimate of drug-likeness (QED) is 0.904. The van der Waals surface area contributed by atoms with Gasteiger partial charge in [0, 0.05) is 23.6 Å². The van der Waals surface area contributed by atoms with E-state index in [1.165, 1.54) is 21.3 Å². The van der Waals surface area contributed by atoms with Crippen LogP contribution < -0.4 is 19.5 Å². The Morgan fingerprint density at radius 2 is 1.58 bits per heavy atom. The van der Waals surface area contributed by atoms with Crippen LogP contribution in [0.3, 0.4) is 0 Å². The summed E-state index contributed by atoms with van der Waals surface area (Å²) in [7, 11) is 4.49. The van der Waals surface area contributed by atoms with Crippen molar-refractivity contribution in [3.8, 4) is 17.2 Å². The van der Waals surface area contributed by atoms with Gasteiger partial charge in [0.1, 0.15) is 11.5 Å². The molecule has 0 saturated heterocycles. The van der Waals surface area contributed by atoms with E-state index in [2.05, 4.69) is 10.5 Å². The summed E-state index contributed by atoms with van der Waals surface area (Å²) in [6.45, 7) is 5.99. The van der Waals surface area contributed by atoms with Crippen molar-refractivity contribution in [2.24, 2.45) is 0 Å². The van der Waals surface area contributed by atoms with Crippen molar-refractivity contribution < 1.29 is 23.5 Å². The molecule has 1 aromatic carbocycles. The summed E-state index contributed by atoms with van der Waals surface area (Å²) >= 11 is 0. The van der Waals surface area contributed by atoms with Gasteiger partial charge in [-0.3, -0.25) is 4.79 Å². The first-order valence-electron chi connectivity index (χ1n) is 7.38. The average Bonchev–Trinajstić information content (AvgIpc) is 3.02. The largest absolute Gasteiger partial charge is 0.496 e. The number of nitrogens with one attached hydrogen (secondary N) is 1. The van der Waals surface area contributed by atoms with Crippen LogP contribution in [-0.2, 0) is 5.41 Å². The Morgan fingerprint density at radius 3 is 2.08 bits per heavy atom. The molecule has 0 aliphatic rings. The zero-order valence-corrected chi connectivity index (χ0v) is 14.7. The molecule has 0 saturated carbocycles. The SMILES string of the molecule is COc1cc(OC)c(C(=O)Nc2cc(C(C)(C)C)on2)cc1OC. The third kappa shape index (κ3) is 3.61. The van der Waals surface area contributed by atoms with Gasteiger partial charge in [-0.1, -0.05) is 25.9 Å². The summed E-state index contributed by atoms with van der Waals surface area (Å²) in [5.74, 6) is 1.89. The number of anilines is 1. The van der Waals surface area contributed by atoms with E-state index in [4.69, 9.17) is 18.7 Å². The van der Waals surface area contributed by atoms with Gasteiger partial charge >= 0.3 is 0 Å². The van der Waals surface area contributed by atoms with E-state index in [0.717, 1.165) is 0 Å². The third-order valence-electron chi connectivity index (χ3n) is 3.44. The Kier molecular flexibility index (Phi) is 5.02. The standard InChI is InChI=1S/C17H22N2O5/c1-17(2,3)14-9-15(19-24-14)18-16(20)10-7-12(22-5)13(23-6)8-11(10)21-4/h7-9H,1-6H3,(H,18,19,20). The predicted molar refractivity (Wildman–Crippen MR) is 89.3 cm³/mol. The fourth-order valence-corrected chi connectivity index (χ4v) is 2.08. The van der Waals surface area contributed by atoms with Crippen LogP contribution in [0.5, 0.6) is 17.2 Å². The monoisotopic (exact) mass is 334 g/mol. The number of ether oxygens (including phenoxy) is 3. The van der Waals surface area contributed by atoms with Crippen molar-refractivity contribution in [1.82, 2.24) is 5.16 Å². The summed E-state index contributed by atoms with van der Waals surface area (Å²) < 4.78 is 21.0. The lowest BCUT2D eigenvalue weighted by Crippen LogP contribution is -2.14. The molecule has 1 N–H and O–H groups in total. The molecule has 2 aromatic rings. The van der Waals surface area contributed by atoms with Crippen LogP contribution in [0.15, 0.2) is 22.7 Å². The Bertz CT molecular complexity index is 731. The molecular formula is C17H22N2O5. The van der Waals surface area contributed by atoms with Crippen molar-refractivity contribution in [3.63, 3.8) is 0 Å². The molecule has 1 amide bonds. The van der Waals surface area contributed by atoms with Gasteiger partial charge in [-0.05, 0) is 0 Å². The summed E-state index contributed by atoms with van der Waals surface area (Å²) in [6, 6.07) is 4.85. The number of rotatable bonds is 5. The van der Waals surface area contributed by atoms with Crippen LogP contribution in [0, 0.1) is 0 Å². The van der Waals surface area contributed by atoms with Crippen molar-refractivity contribution in [3.05, 3.63) is 29.5 Å². The Labute approximate surface area is 140 Å². The lowest BCUT2D eigenvalue weighted by Gasteiger charge is -2.13. The topological polar surface area (TPSA) is 82.8 Å². The first-order chi connectivity index (χ1) is 11.3. The van der Waals surface area contributed by atoms with E-state index in [0.29, 0.717) is 34.4 Å². The van der Waals surface area contributed by atoms with E-state index in [-0.39, 0.29) is 11.3 Å². The molecule has 7 heteroatoms. The molecule has 24 heavy (non-hydrogen) atoms. The number of benzene rings is 1. The van der Waals surface area contributed by atoms with E-state index >= 15 is 0 Å². The maximum atomic E-state index is 12.6. The van der Waals surface area contributed by atoms with E-state index in [1.54, 1.807) is 18.2 Å². The van der Waals surface area contributed by atoms with Gasteiger partial charge in [-0.15, -0.1) is 0 Å². The number of carbonyl (C=O) groups is 1. The zero-order chi connectivity index (χ0) is 17.9. The van der Waals surface area contributed by atoms with Gasteiger partial charge in [-0.25, -0.2) is 0 Å². The molecule has 0 aliphatic heterocycles. The predicted octanol–water partition coefficient (Wildman–Crippen LogP) is 3.25. The molecule has 0 radical (unpaired) electrons. The minimum atomic E-state index is -0.387. The van der Waals surface area contributed by atoms with Crippen LogP contribution in [0.25, 0.3) is 0 Å². The highest BCUT2D eigenvalue weighted by Crippen LogP contribution is 2.35. The summed E-state index contributed by atoms with van der Waals surface area (Å²) in [5, 5.41) is 6.57. The Hall–Kier alpha value is -2.70. The molecule has 0 atom stereocenters. The average molecular weight is 334 g/mol. The molecule has 0 aliphatic carbocycles. The van der Waals surface area contributed by atoms with E-state index in [9.17, 15) is 4.79 Å². The van der Waals surface area contributed by atoms with Crippen LogP contribution in [-0.4, -0.2) is 32.4 Å². The van der Waals surface area contributed by atoms with Gasteiger partial charge in [-0.2, -0.15) is 0 Å². The van der Waals surface area contributed by atoms with Crippen LogP contribution in [0.2, 0.25) is 0 Å². The van der Waals surface area contributed by atoms with Gasteiger partial charge in [0.25, 0.3) is 5.91 Å². The fourth-order valence-electron chi connectivity index (χ4n) is 2.08. The molecule has 7 nitrogen and oxygen atoms in total. The number of methoxy groups -OCH3 is 3. The summed E-state index contributed by atoms with van der Waals surface area (Å²) in [6.07, 6.45) is 0. The molecular weight excluding hydrogens is 312 g/mol. The highest BCUT2D eigenvalue weighted by molar-refractivity contribution is 6.06. The second-order valence-corrected chi connectivity index (χ2v) is 6.19. The van der Waals surface area contributed by atoms with Crippen molar-refractivity contribution in [2.45, 2.75) is 26.2 Å². The molecule has 1 aromatic heterocycles. The Morgan fingerprint density at radius 1 is 1.00 bits per heavy atom. The number of carbonyl (C=O) groups excluding carboxylic acids is 1. The normalized spacial score (nSPS) is 11.1. The maximum Gasteiger partial charge on any atom is 0.260 e. The molecule has 0 bridgehead atoms. The first-order valence-corrected chi connectivity index (χ1v) is 7.38. The fraction of sp³-hybridized carbons (Fsp3) is 0.412. The van der Waals surface area contributed by atoms with Crippen LogP contribution in [0.1, 0.15) is 36.9 Å². The number of hydrogen-bond donors (Lipinski definition) is 1. The van der Waals surface area contributed by atoms with Gasteiger partial charge in [0.2, 0.25) is 0 Å². The molecule has 0 spiro atoms. The molecule has 130 valence electrons. The van der Waals surface area contributed by atoms with Crippen molar-refractivity contribution >= 4 is 11.7 Å². The first kappa shape index (κ1) is 17.7. The second kappa shape index (κ2) is 6.82. The van der Waals surface area contributed by atoms with Crippen LogP contribution in [0.4, 0.5) is 5.82 Å². The lowest BCUT2D eigenvalue weighted by molar-refractivity contribution is 0.102. The van der Waals surface area contributed by atoms with Crippen molar-refractivity contribution in [2.75, 3.05) is 26.6 Å². The highest BCUT2D eigenvalue weighted by Gasteiger charge is 2.22. The van der Waals surface area contributed by atoms with Crippen LogP contribution >= 0.6 is 0 Å². The highest BCUT2D eigenvalue weighted by atomic mass is 16.5. The molecule has 0 unspecified atom stereocenters. The number of hydrogen-bond acceptors (Lipinski definition) is 6. The smallest absolute Gasteiger partial charge is 0.260 e. The maximum absolute atomic E-state index is 12.6. The molecule has 1 heterocycles. The van der Waals surface area contributed by atoms with E-state index in [1.807, 2.05) is 20.8 Å². The van der Waals surface area contributed by atoms with Gasteiger partial charge in [0.15, 0.2) is 17.3 Å². The summed E-state index contributed by atoms with van der Waals surface area (Å²) in [4.78, 5) is 12.6. The zero-order valence-electron chi connectivity index (χ0n) is 14.7. The minimum Gasteiger partial charge on any atom is -0.496 e. The molecule has 2 rings (SSSR count). The van der Waals surface area contributed by atoms with Gasteiger partial charge in [0.05, 0.1) is 26.9 Å². The number of aromatic nitrogens is 1. The lowest BCUT2D eigenvalue weighted by atomic mass is 9.93. The molecule has 0 fully saturated rings. The van der Waals surface area contributed by atoms with Gasteiger partial charge < -0.3 is 24.1 Å². The second-order valence-electron chi connectivity index (χ2n) is 6.19. The summed E-state index contributed by atoms with van der Waals surface area (Å²) in [5.41, 5.74) is 0.104. The van der Waals surface area contributed by atoms with Crippen molar-refractivity contribution in [1.29, 1.82) is 0 Å². The number of nitrogens with zero attached hydrogens (tertiary/aromatic N) is 1. The number of amides is 1.